The molecule has 1 aromatic carbocycles. The molecule has 1 amide bonds. The standard InChI is InChI=1S/C22H31N3O4S/c1-22(2,3)24-30(27,28)18-11-9-17(10-12-18)21(26)23-16-19(20-8-7-15-29-20)25-13-5-4-6-14-25/h7-12,15,19,24H,4-6,13-14,16H2,1-3H3,(H,23,26). The predicted molar refractivity (Wildman–Crippen MR) is 116 cm³/mol. The highest BCUT2D eigenvalue weighted by molar-refractivity contribution is 7.89. The number of rotatable bonds is 7. The van der Waals surface area contributed by atoms with Crippen molar-refractivity contribution in [2.75, 3.05) is 19.6 Å². The molecule has 3 rings (SSSR count). The molecule has 30 heavy (non-hydrogen) atoms. The van der Waals surface area contributed by atoms with E-state index in [0.717, 1.165) is 31.7 Å². The largest absolute Gasteiger partial charge is 0.468 e. The molecule has 8 heteroatoms. The molecule has 0 aliphatic carbocycles. The minimum Gasteiger partial charge on any atom is -0.468 e. The molecule has 0 radical (unpaired) electrons. The smallest absolute Gasteiger partial charge is 0.251 e. The summed E-state index contributed by atoms with van der Waals surface area (Å²) in [5, 5.41) is 2.98. The third-order valence-electron chi connectivity index (χ3n) is 5.03. The van der Waals surface area contributed by atoms with Gasteiger partial charge < -0.3 is 9.73 Å². The van der Waals surface area contributed by atoms with Gasteiger partial charge in [-0.1, -0.05) is 6.42 Å². The molecule has 1 unspecified atom stereocenters. The van der Waals surface area contributed by atoms with Crippen LogP contribution in [0.1, 0.15) is 62.2 Å². The average molecular weight is 434 g/mol. The zero-order chi connectivity index (χ0) is 21.8. The maximum atomic E-state index is 12.7. The van der Waals surface area contributed by atoms with Crippen molar-refractivity contribution in [1.82, 2.24) is 14.9 Å². The summed E-state index contributed by atoms with van der Waals surface area (Å²) in [7, 11) is -3.63. The number of piperidine rings is 1. The Morgan fingerprint density at radius 3 is 2.33 bits per heavy atom. The SMILES string of the molecule is CC(C)(C)NS(=O)(=O)c1ccc(C(=O)NCC(c2ccco2)N2CCCCC2)cc1. The number of furan rings is 1. The summed E-state index contributed by atoms with van der Waals surface area (Å²) < 4.78 is 33.1. The van der Waals surface area contributed by atoms with E-state index in [4.69, 9.17) is 4.42 Å². The van der Waals surface area contributed by atoms with Crippen molar-refractivity contribution in [3.05, 3.63) is 54.0 Å². The number of likely N-dealkylation sites (tertiary alicyclic amines) is 1. The maximum absolute atomic E-state index is 12.7. The Kier molecular flexibility index (Phi) is 7.00. The van der Waals surface area contributed by atoms with Crippen molar-refractivity contribution in [1.29, 1.82) is 0 Å². The second-order valence-corrected chi connectivity index (χ2v) is 10.4. The fourth-order valence-corrected chi connectivity index (χ4v) is 5.08. The van der Waals surface area contributed by atoms with E-state index >= 15 is 0 Å². The highest BCUT2D eigenvalue weighted by Gasteiger charge is 2.25. The molecule has 0 saturated carbocycles. The Bertz CT molecular complexity index is 926. The van der Waals surface area contributed by atoms with Crippen molar-refractivity contribution < 1.29 is 17.6 Å². The van der Waals surface area contributed by atoms with E-state index in [0.29, 0.717) is 12.1 Å². The molecule has 1 aliphatic heterocycles. The van der Waals surface area contributed by atoms with Gasteiger partial charge in [-0.3, -0.25) is 9.69 Å². The molecule has 0 spiro atoms. The van der Waals surface area contributed by atoms with Gasteiger partial charge in [0.05, 0.1) is 17.2 Å². The van der Waals surface area contributed by atoms with E-state index in [1.165, 1.54) is 30.7 Å². The van der Waals surface area contributed by atoms with Gasteiger partial charge in [0, 0.05) is 17.6 Å². The fraction of sp³-hybridized carbons (Fsp3) is 0.500. The molecule has 1 aromatic heterocycles. The minimum atomic E-state index is -3.63. The number of hydrogen-bond acceptors (Lipinski definition) is 5. The van der Waals surface area contributed by atoms with Gasteiger partial charge in [0.25, 0.3) is 5.91 Å². The molecule has 1 aliphatic rings. The van der Waals surface area contributed by atoms with Crippen LogP contribution in [0.15, 0.2) is 52.0 Å². The maximum Gasteiger partial charge on any atom is 0.251 e. The Morgan fingerprint density at radius 2 is 1.77 bits per heavy atom. The summed E-state index contributed by atoms with van der Waals surface area (Å²) in [4.78, 5) is 15.1. The number of carbonyl (C=O) groups is 1. The van der Waals surface area contributed by atoms with E-state index in [1.54, 1.807) is 27.0 Å². The van der Waals surface area contributed by atoms with E-state index in [1.807, 2.05) is 12.1 Å². The van der Waals surface area contributed by atoms with Gasteiger partial charge in [-0.15, -0.1) is 0 Å². The minimum absolute atomic E-state index is 0.0140. The Labute approximate surface area is 178 Å². The zero-order valence-electron chi connectivity index (χ0n) is 17.8. The van der Waals surface area contributed by atoms with Gasteiger partial charge >= 0.3 is 0 Å². The van der Waals surface area contributed by atoms with Crippen LogP contribution in [0.3, 0.4) is 0 Å². The summed E-state index contributed by atoms with van der Waals surface area (Å²) in [6.07, 6.45) is 5.17. The van der Waals surface area contributed by atoms with Gasteiger partial charge in [0.15, 0.2) is 0 Å². The van der Waals surface area contributed by atoms with Crippen molar-refractivity contribution in [2.24, 2.45) is 0 Å². The van der Waals surface area contributed by atoms with Gasteiger partial charge in [-0.2, -0.15) is 0 Å². The van der Waals surface area contributed by atoms with Crippen LogP contribution in [0.4, 0.5) is 0 Å². The molecular formula is C22H31N3O4S. The van der Waals surface area contributed by atoms with Crippen LogP contribution in [0.5, 0.6) is 0 Å². The topological polar surface area (TPSA) is 91.6 Å². The highest BCUT2D eigenvalue weighted by atomic mass is 32.2. The molecule has 2 N–H and O–H groups in total. The van der Waals surface area contributed by atoms with Crippen LogP contribution in [-0.4, -0.2) is 44.4 Å². The number of hydrogen-bond donors (Lipinski definition) is 2. The van der Waals surface area contributed by atoms with Crippen molar-refractivity contribution in [2.45, 2.75) is 56.5 Å². The van der Waals surface area contributed by atoms with E-state index in [2.05, 4.69) is 14.9 Å². The predicted octanol–water partition coefficient (Wildman–Crippen LogP) is 3.31. The number of carbonyl (C=O) groups excluding carboxylic acids is 1. The lowest BCUT2D eigenvalue weighted by Gasteiger charge is -2.33. The number of sulfonamides is 1. The molecule has 7 nitrogen and oxygen atoms in total. The Balaban J connectivity index is 1.66. The molecule has 1 fully saturated rings. The van der Waals surface area contributed by atoms with Gasteiger partial charge in [0.1, 0.15) is 5.76 Å². The first-order chi connectivity index (χ1) is 14.2. The van der Waals surface area contributed by atoms with E-state index < -0.39 is 15.6 Å². The van der Waals surface area contributed by atoms with Gasteiger partial charge in [0.2, 0.25) is 10.0 Å². The Hall–Kier alpha value is -2.16. The lowest BCUT2D eigenvalue weighted by atomic mass is 10.1. The molecule has 1 saturated heterocycles. The van der Waals surface area contributed by atoms with Gasteiger partial charge in [-0.05, 0) is 83.1 Å². The van der Waals surface area contributed by atoms with Crippen LogP contribution in [-0.2, 0) is 10.0 Å². The lowest BCUT2D eigenvalue weighted by Crippen LogP contribution is -2.40. The van der Waals surface area contributed by atoms with Crippen molar-refractivity contribution >= 4 is 15.9 Å². The molecule has 2 aromatic rings. The average Bonchev–Trinajstić information content (AvgIpc) is 3.21. The molecular weight excluding hydrogens is 402 g/mol. The number of amides is 1. The molecule has 2 heterocycles. The molecule has 1 atom stereocenters. The summed E-state index contributed by atoms with van der Waals surface area (Å²) >= 11 is 0. The second-order valence-electron chi connectivity index (χ2n) is 8.72. The summed E-state index contributed by atoms with van der Waals surface area (Å²) in [5.74, 6) is 0.600. The van der Waals surface area contributed by atoms with Gasteiger partial charge in [-0.25, -0.2) is 13.1 Å². The van der Waals surface area contributed by atoms with E-state index in [-0.39, 0.29) is 16.8 Å². The van der Waals surface area contributed by atoms with Crippen LogP contribution < -0.4 is 10.0 Å². The second kappa shape index (κ2) is 9.32. The Morgan fingerprint density at radius 1 is 1.10 bits per heavy atom. The molecule has 164 valence electrons. The first-order valence-corrected chi connectivity index (χ1v) is 11.8. The van der Waals surface area contributed by atoms with Crippen LogP contribution in [0.25, 0.3) is 0 Å². The molecule has 0 bridgehead atoms. The quantitative estimate of drug-likeness (QED) is 0.699. The van der Waals surface area contributed by atoms with E-state index in [9.17, 15) is 13.2 Å². The summed E-state index contributed by atoms with van der Waals surface area (Å²) in [6.45, 7) is 7.74. The van der Waals surface area contributed by atoms with Crippen LogP contribution in [0.2, 0.25) is 0 Å². The number of benzene rings is 1. The number of nitrogens with one attached hydrogen (secondary N) is 2. The monoisotopic (exact) mass is 433 g/mol. The van der Waals surface area contributed by atoms with Crippen molar-refractivity contribution in [3.63, 3.8) is 0 Å². The van der Waals surface area contributed by atoms with Crippen LogP contribution in [0, 0.1) is 0 Å². The third kappa shape index (κ3) is 5.93. The zero-order valence-corrected chi connectivity index (χ0v) is 18.7. The lowest BCUT2D eigenvalue weighted by molar-refractivity contribution is 0.0914. The fourth-order valence-electron chi connectivity index (χ4n) is 3.66. The first kappa shape index (κ1) is 22.5. The van der Waals surface area contributed by atoms with Crippen molar-refractivity contribution in [3.8, 4) is 0 Å². The highest BCUT2D eigenvalue weighted by Crippen LogP contribution is 2.24. The summed E-state index contributed by atoms with van der Waals surface area (Å²) in [5.41, 5.74) is -0.161. The number of nitrogens with zero attached hydrogens (tertiary/aromatic N) is 1. The third-order valence-corrected chi connectivity index (χ3v) is 6.80. The summed E-state index contributed by atoms with van der Waals surface area (Å²) in [6, 6.07) is 9.77. The first-order valence-electron chi connectivity index (χ1n) is 10.4. The van der Waals surface area contributed by atoms with Crippen LogP contribution >= 0.6 is 0 Å². The normalized spacial score (nSPS) is 16.9.